The average Bonchev–Trinajstić information content (AvgIpc) is 2.68. The maximum atomic E-state index is 13.9. The van der Waals surface area contributed by atoms with Crippen molar-refractivity contribution in [2.75, 3.05) is 44.2 Å². The lowest BCUT2D eigenvalue weighted by Crippen LogP contribution is -2.47. The van der Waals surface area contributed by atoms with Crippen LogP contribution >= 0.6 is 0 Å². The molecule has 1 fully saturated rings. The van der Waals surface area contributed by atoms with E-state index >= 15 is 0 Å². The molecule has 3 rings (SSSR count). The zero-order valence-corrected chi connectivity index (χ0v) is 16.7. The smallest absolute Gasteiger partial charge is 0.240 e. The van der Waals surface area contributed by atoms with E-state index in [0.29, 0.717) is 24.2 Å². The van der Waals surface area contributed by atoms with Crippen molar-refractivity contribution in [2.24, 2.45) is 0 Å². The van der Waals surface area contributed by atoms with E-state index in [4.69, 9.17) is 0 Å². The van der Waals surface area contributed by atoms with E-state index in [2.05, 4.69) is 9.62 Å². The van der Waals surface area contributed by atoms with E-state index in [1.807, 2.05) is 11.0 Å². The van der Waals surface area contributed by atoms with Crippen molar-refractivity contribution in [3.8, 4) is 0 Å². The molecule has 152 valence electrons. The number of piperazine rings is 1. The first kappa shape index (κ1) is 20.7. The number of sulfonamides is 1. The van der Waals surface area contributed by atoms with Crippen LogP contribution in [0.25, 0.3) is 0 Å². The fraction of sp³-hybridized carbons (Fsp3) is 0.400. The van der Waals surface area contributed by atoms with Crippen molar-refractivity contribution in [2.45, 2.75) is 18.2 Å². The summed E-state index contributed by atoms with van der Waals surface area (Å²) in [7, 11) is -3.64. The number of nitrogens with zero attached hydrogens (tertiary/aromatic N) is 2. The third-order valence-corrected chi connectivity index (χ3v) is 6.41. The predicted molar refractivity (Wildman–Crippen MR) is 106 cm³/mol. The van der Waals surface area contributed by atoms with Gasteiger partial charge in [0.2, 0.25) is 10.0 Å². The molecule has 1 aliphatic heterocycles. The van der Waals surface area contributed by atoms with Crippen LogP contribution in [0.3, 0.4) is 0 Å². The van der Waals surface area contributed by atoms with E-state index in [1.54, 1.807) is 12.1 Å². The second-order valence-electron chi connectivity index (χ2n) is 6.94. The van der Waals surface area contributed by atoms with Crippen LogP contribution in [0.4, 0.5) is 14.5 Å². The Labute approximate surface area is 165 Å². The van der Waals surface area contributed by atoms with Gasteiger partial charge in [-0.3, -0.25) is 4.90 Å². The topological polar surface area (TPSA) is 52.7 Å². The molecule has 0 saturated carbocycles. The van der Waals surface area contributed by atoms with Gasteiger partial charge in [0.05, 0.1) is 10.6 Å². The van der Waals surface area contributed by atoms with Gasteiger partial charge < -0.3 is 4.90 Å². The zero-order chi connectivity index (χ0) is 20.1. The summed E-state index contributed by atoms with van der Waals surface area (Å²) >= 11 is 0. The molecule has 28 heavy (non-hydrogen) atoms. The van der Waals surface area contributed by atoms with Crippen LogP contribution in [0.5, 0.6) is 0 Å². The molecule has 0 radical (unpaired) electrons. The third-order valence-electron chi connectivity index (χ3n) is 4.95. The lowest BCUT2D eigenvalue weighted by Gasteiger charge is -2.36. The number of hydrogen-bond acceptors (Lipinski definition) is 4. The molecule has 1 heterocycles. The zero-order valence-electron chi connectivity index (χ0n) is 15.9. The summed E-state index contributed by atoms with van der Waals surface area (Å²) in [5, 5.41) is 0. The van der Waals surface area contributed by atoms with Crippen LogP contribution in [0, 0.1) is 18.6 Å². The molecule has 0 bridgehead atoms. The Morgan fingerprint density at radius 3 is 2.39 bits per heavy atom. The van der Waals surface area contributed by atoms with Gasteiger partial charge in [0.15, 0.2) is 0 Å². The van der Waals surface area contributed by atoms with Crippen LogP contribution in [0.2, 0.25) is 0 Å². The van der Waals surface area contributed by atoms with Crippen molar-refractivity contribution >= 4 is 15.7 Å². The van der Waals surface area contributed by atoms with E-state index < -0.39 is 15.8 Å². The maximum absolute atomic E-state index is 13.9. The highest BCUT2D eigenvalue weighted by Gasteiger charge is 2.19. The van der Waals surface area contributed by atoms with Gasteiger partial charge in [0.1, 0.15) is 11.6 Å². The Hall–Kier alpha value is -2.03. The SMILES string of the molecule is Cc1cc(S(=O)(=O)NCCCN2CCN(c3ccccc3F)CC2)ccc1F. The second kappa shape index (κ2) is 8.98. The van der Waals surface area contributed by atoms with Crippen molar-refractivity contribution in [3.63, 3.8) is 0 Å². The van der Waals surface area contributed by atoms with Gasteiger partial charge in [-0.25, -0.2) is 21.9 Å². The lowest BCUT2D eigenvalue weighted by molar-refractivity contribution is 0.255. The molecule has 0 aromatic heterocycles. The molecule has 0 atom stereocenters. The summed E-state index contributed by atoms with van der Waals surface area (Å²) in [6.07, 6.45) is 0.666. The third kappa shape index (κ3) is 5.06. The first-order valence-electron chi connectivity index (χ1n) is 9.34. The minimum absolute atomic E-state index is 0.0740. The molecule has 1 N–H and O–H groups in total. The van der Waals surface area contributed by atoms with E-state index in [0.717, 1.165) is 32.7 Å². The summed E-state index contributed by atoms with van der Waals surface area (Å²) < 4.78 is 54.3. The first-order valence-corrected chi connectivity index (χ1v) is 10.8. The van der Waals surface area contributed by atoms with Crippen molar-refractivity contribution in [1.29, 1.82) is 0 Å². The van der Waals surface area contributed by atoms with Crippen molar-refractivity contribution in [1.82, 2.24) is 9.62 Å². The van der Waals surface area contributed by atoms with Crippen LogP contribution in [0.15, 0.2) is 47.4 Å². The first-order chi connectivity index (χ1) is 13.4. The largest absolute Gasteiger partial charge is 0.367 e. The number of hydrogen-bond donors (Lipinski definition) is 1. The van der Waals surface area contributed by atoms with Gasteiger partial charge >= 0.3 is 0 Å². The molecule has 2 aromatic carbocycles. The average molecular weight is 410 g/mol. The Morgan fingerprint density at radius 1 is 1.00 bits per heavy atom. The summed E-state index contributed by atoms with van der Waals surface area (Å²) in [5.41, 5.74) is 0.931. The number of benzene rings is 2. The van der Waals surface area contributed by atoms with Crippen LogP contribution in [0.1, 0.15) is 12.0 Å². The standard InChI is InChI=1S/C20H25F2N3O2S/c1-16-15-17(7-8-18(16)21)28(26,27)23-9-4-10-24-11-13-25(14-12-24)20-6-3-2-5-19(20)22/h2-3,5-8,15,23H,4,9-14H2,1H3. The molecule has 2 aromatic rings. The van der Waals surface area contributed by atoms with E-state index in [9.17, 15) is 17.2 Å². The van der Waals surface area contributed by atoms with Gasteiger partial charge in [-0.05, 0) is 55.8 Å². The predicted octanol–water partition coefficient (Wildman–Crippen LogP) is 2.76. The van der Waals surface area contributed by atoms with Crippen molar-refractivity contribution < 1.29 is 17.2 Å². The molecule has 0 aliphatic carbocycles. The molecule has 1 aliphatic rings. The van der Waals surface area contributed by atoms with Crippen LogP contribution in [-0.2, 0) is 10.0 Å². The minimum Gasteiger partial charge on any atom is -0.367 e. The normalized spacial score (nSPS) is 15.8. The highest BCUT2D eigenvalue weighted by molar-refractivity contribution is 7.89. The summed E-state index contributed by atoms with van der Waals surface area (Å²) in [6.45, 7) is 5.69. The maximum Gasteiger partial charge on any atom is 0.240 e. The number of rotatable bonds is 7. The molecule has 0 amide bonds. The highest BCUT2D eigenvalue weighted by atomic mass is 32.2. The molecule has 0 unspecified atom stereocenters. The number of halogens is 2. The Morgan fingerprint density at radius 2 is 1.71 bits per heavy atom. The Bertz CT molecular complexity index is 913. The quantitative estimate of drug-likeness (QED) is 0.715. The molecule has 5 nitrogen and oxygen atoms in total. The molecule has 8 heteroatoms. The molecular weight excluding hydrogens is 384 g/mol. The fourth-order valence-electron chi connectivity index (χ4n) is 3.30. The van der Waals surface area contributed by atoms with E-state index in [1.165, 1.54) is 31.2 Å². The lowest BCUT2D eigenvalue weighted by atomic mass is 10.2. The molecule has 1 saturated heterocycles. The van der Waals surface area contributed by atoms with Gasteiger partial charge in [-0.15, -0.1) is 0 Å². The highest BCUT2D eigenvalue weighted by Crippen LogP contribution is 2.20. The summed E-state index contributed by atoms with van der Waals surface area (Å²) in [5.74, 6) is -0.630. The van der Waals surface area contributed by atoms with Gasteiger partial charge in [0, 0.05) is 32.7 Å². The number of nitrogens with one attached hydrogen (secondary N) is 1. The summed E-state index contributed by atoms with van der Waals surface area (Å²) in [6, 6.07) is 10.5. The van der Waals surface area contributed by atoms with Crippen LogP contribution in [-0.4, -0.2) is 52.6 Å². The monoisotopic (exact) mass is 409 g/mol. The number of aryl methyl sites for hydroxylation is 1. The molecule has 0 spiro atoms. The Balaban J connectivity index is 1.42. The van der Waals surface area contributed by atoms with Gasteiger partial charge in [-0.2, -0.15) is 0 Å². The molecular formula is C20H25F2N3O2S. The van der Waals surface area contributed by atoms with Gasteiger partial charge in [-0.1, -0.05) is 12.1 Å². The fourth-order valence-corrected chi connectivity index (χ4v) is 4.46. The van der Waals surface area contributed by atoms with E-state index in [-0.39, 0.29) is 10.7 Å². The minimum atomic E-state index is -3.64. The second-order valence-corrected chi connectivity index (χ2v) is 8.71. The van der Waals surface area contributed by atoms with Gasteiger partial charge in [0.25, 0.3) is 0 Å². The summed E-state index contributed by atoms with van der Waals surface area (Å²) in [4.78, 5) is 4.35. The van der Waals surface area contributed by atoms with Crippen molar-refractivity contribution in [3.05, 3.63) is 59.7 Å². The number of para-hydroxylation sites is 1. The Kier molecular flexibility index (Phi) is 6.64. The number of anilines is 1. The van der Waals surface area contributed by atoms with Crippen LogP contribution < -0.4 is 9.62 Å².